The van der Waals surface area contributed by atoms with Gasteiger partial charge in [-0.25, -0.2) is 15.0 Å². The highest BCUT2D eigenvalue weighted by atomic mass is 15.2. The normalized spacial score (nSPS) is 13.6. The molecular formula is C79H53N5. The minimum atomic E-state index is -0.733. The van der Waals surface area contributed by atoms with Gasteiger partial charge < -0.3 is 9.80 Å². The van der Waals surface area contributed by atoms with Crippen molar-refractivity contribution in [3.05, 3.63) is 366 Å². The van der Waals surface area contributed by atoms with E-state index in [4.69, 9.17) is 15.0 Å². The molecule has 1 aromatic heterocycles. The second kappa shape index (κ2) is 19.9. The van der Waals surface area contributed by atoms with Crippen LogP contribution in [0.5, 0.6) is 0 Å². The zero-order valence-electron chi connectivity index (χ0n) is 45.8. The van der Waals surface area contributed by atoms with Gasteiger partial charge in [0, 0.05) is 21.9 Å². The van der Waals surface area contributed by atoms with Crippen molar-refractivity contribution < 1.29 is 0 Å². The van der Waals surface area contributed by atoms with Gasteiger partial charge in [-0.15, -0.1) is 0 Å². The van der Waals surface area contributed by atoms with Crippen LogP contribution in [-0.4, -0.2) is 15.0 Å². The van der Waals surface area contributed by atoms with E-state index in [0.29, 0.717) is 17.5 Å². The topological polar surface area (TPSA) is 45.2 Å². The van der Waals surface area contributed by atoms with Crippen LogP contribution in [0.1, 0.15) is 44.5 Å². The number of hydrogen-bond donors (Lipinski definition) is 0. The summed E-state index contributed by atoms with van der Waals surface area (Å²) in [6, 6.07) is 117. The van der Waals surface area contributed by atoms with Gasteiger partial charge in [-0.05, 0) is 79.5 Å². The summed E-state index contributed by atoms with van der Waals surface area (Å²) < 4.78 is 0. The standard InChI is InChI=1S/C79H53N5/c1-7-30-56(31-8-1)75-80-76(57-32-9-2-10-33-57)82-77(81-75)72-70(83-68-46-25-23-44-64(68)78(58-34-11-3-12-35-58,59-36-13-4-14-37-59)66-52-50-54-28-19-21-42-62(54)73(66)83)48-27-49-71(72)84-69-47-26-24-45-65(69)79(60-38-15-5-16-39-60,61-40-17-6-18-41-61)67-53-51-55-29-20-22-43-63(55)74(67)84/h1-53H. The van der Waals surface area contributed by atoms with E-state index in [1.807, 2.05) is 12.1 Å². The van der Waals surface area contributed by atoms with Gasteiger partial charge in [-0.2, -0.15) is 0 Å². The van der Waals surface area contributed by atoms with E-state index >= 15 is 0 Å². The van der Waals surface area contributed by atoms with E-state index in [1.54, 1.807) is 0 Å². The Morgan fingerprint density at radius 2 is 0.536 bits per heavy atom. The van der Waals surface area contributed by atoms with Gasteiger partial charge in [0.05, 0.1) is 50.5 Å². The first-order valence-electron chi connectivity index (χ1n) is 28.8. The van der Waals surface area contributed by atoms with Crippen LogP contribution in [0.3, 0.4) is 0 Å². The van der Waals surface area contributed by atoms with E-state index < -0.39 is 10.8 Å². The molecule has 84 heavy (non-hydrogen) atoms. The van der Waals surface area contributed by atoms with Gasteiger partial charge in [0.2, 0.25) is 0 Å². The molecule has 14 aromatic rings. The lowest BCUT2D eigenvalue weighted by molar-refractivity contribution is 0.732. The van der Waals surface area contributed by atoms with Crippen molar-refractivity contribution in [2.24, 2.45) is 0 Å². The molecule has 0 spiro atoms. The molecule has 5 nitrogen and oxygen atoms in total. The fourth-order valence-electron chi connectivity index (χ4n) is 14.0. The van der Waals surface area contributed by atoms with Gasteiger partial charge >= 0.3 is 0 Å². The van der Waals surface area contributed by atoms with Crippen LogP contribution in [0.4, 0.5) is 34.1 Å². The number of anilines is 6. The molecule has 0 saturated heterocycles. The van der Waals surface area contributed by atoms with E-state index in [2.05, 4.69) is 319 Å². The average molecular weight is 1070 g/mol. The van der Waals surface area contributed by atoms with E-state index in [1.165, 1.54) is 22.3 Å². The maximum Gasteiger partial charge on any atom is 0.168 e. The fourth-order valence-corrected chi connectivity index (χ4v) is 14.0. The lowest BCUT2D eigenvalue weighted by Crippen LogP contribution is -2.38. The first kappa shape index (κ1) is 48.9. The predicted octanol–water partition coefficient (Wildman–Crippen LogP) is 19.5. The number of para-hydroxylation sites is 2. The molecule has 13 aromatic carbocycles. The number of nitrogens with zero attached hydrogens (tertiary/aromatic N) is 5. The molecular weight excluding hydrogens is 1020 g/mol. The van der Waals surface area contributed by atoms with Crippen LogP contribution in [0.2, 0.25) is 0 Å². The molecule has 16 rings (SSSR count). The quantitative estimate of drug-likeness (QED) is 0.144. The van der Waals surface area contributed by atoms with Crippen molar-refractivity contribution >= 4 is 55.7 Å². The fraction of sp³-hybridized carbons (Fsp3) is 0.0253. The molecule has 394 valence electrons. The minimum Gasteiger partial charge on any atom is -0.308 e. The number of fused-ring (bicyclic) bond motifs is 8. The third-order valence-corrected chi connectivity index (χ3v) is 17.4. The second-order valence-electron chi connectivity index (χ2n) is 21.7. The van der Waals surface area contributed by atoms with Gasteiger partial charge in [-0.1, -0.05) is 297 Å². The van der Waals surface area contributed by atoms with Crippen LogP contribution in [0.25, 0.3) is 55.7 Å². The zero-order valence-corrected chi connectivity index (χ0v) is 45.8. The van der Waals surface area contributed by atoms with Crippen LogP contribution in [0.15, 0.2) is 322 Å². The summed E-state index contributed by atoms with van der Waals surface area (Å²) in [5.41, 5.74) is 16.6. The highest BCUT2D eigenvalue weighted by Crippen LogP contribution is 2.64. The highest BCUT2D eigenvalue weighted by Gasteiger charge is 2.50. The summed E-state index contributed by atoms with van der Waals surface area (Å²) in [7, 11) is 0. The molecule has 0 bridgehead atoms. The van der Waals surface area contributed by atoms with Crippen LogP contribution in [0, 0.1) is 0 Å². The number of benzene rings is 13. The Kier molecular flexibility index (Phi) is 11.6. The van der Waals surface area contributed by atoms with Crippen LogP contribution >= 0.6 is 0 Å². The molecule has 0 N–H and O–H groups in total. The van der Waals surface area contributed by atoms with Crippen molar-refractivity contribution in [2.75, 3.05) is 9.80 Å². The molecule has 0 fully saturated rings. The number of hydrogen-bond acceptors (Lipinski definition) is 5. The lowest BCUT2D eigenvalue weighted by Gasteiger charge is -2.48. The Labute approximate surface area is 488 Å². The van der Waals surface area contributed by atoms with Crippen LogP contribution < -0.4 is 9.80 Å². The summed E-state index contributed by atoms with van der Waals surface area (Å²) in [5, 5.41) is 4.51. The highest BCUT2D eigenvalue weighted by molar-refractivity contribution is 6.11. The summed E-state index contributed by atoms with van der Waals surface area (Å²) in [6.45, 7) is 0. The maximum atomic E-state index is 5.73. The third kappa shape index (κ3) is 7.39. The molecule has 5 heteroatoms. The summed E-state index contributed by atoms with van der Waals surface area (Å²) in [6.07, 6.45) is 0. The smallest absolute Gasteiger partial charge is 0.168 e. The SMILES string of the molecule is c1ccc(-c2nc(-c3ccccc3)nc(-c3c(N4c5ccccc5C(c5ccccc5)(c5ccccc5)c5ccc6ccccc6c54)cccc3N3c4ccccc4C(c4ccccc4)(c4ccccc4)c4ccc5ccccc5c43)n2)cc1. The molecule has 3 heterocycles. The third-order valence-electron chi connectivity index (χ3n) is 17.4. The van der Waals surface area contributed by atoms with Gasteiger partial charge in [-0.3, -0.25) is 0 Å². The molecule has 0 saturated carbocycles. The number of rotatable bonds is 9. The lowest BCUT2D eigenvalue weighted by atomic mass is 9.62. The Morgan fingerprint density at radius 3 is 0.929 bits per heavy atom. The maximum absolute atomic E-state index is 5.73. The van der Waals surface area contributed by atoms with Crippen LogP contribution in [-0.2, 0) is 10.8 Å². The molecule has 2 aliphatic heterocycles. The van der Waals surface area contributed by atoms with E-state index in [9.17, 15) is 0 Å². The van der Waals surface area contributed by atoms with Gasteiger partial charge in [0.25, 0.3) is 0 Å². The van der Waals surface area contributed by atoms with Gasteiger partial charge in [0.1, 0.15) is 0 Å². The van der Waals surface area contributed by atoms with Crippen molar-refractivity contribution in [1.82, 2.24) is 15.0 Å². The Hall–Kier alpha value is -11.0. The molecule has 0 atom stereocenters. The molecule has 2 aliphatic rings. The monoisotopic (exact) mass is 1070 g/mol. The molecule has 0 aliphatic carbocycles. The average Bonchev–Trinajstić information content (AvgIpc) is 0.994. The molecule has 0 unspecified atom stereocenters. The van der Waals surface area contributed by atoms with Crippen molar-refractivity contribution in [3.8, 4) is 34.2 Å². The molecule has 0 amide bonds. The minimum absolute atomic E-state index is 0.540. The largest absolute Gasteiger partial charge is 0.308 e. The van der Waals surface area contributed by atoms with Crippen molar-refractivity contribution in [2.45, 2.75) is 10.8 Å². The Bertz CT molecular complexity index is 4410. The predicted molar refractivity (Wildman–Crippen MR) is 344 cm³/mol. The number of aromatic nitrogens is 3. The van der Waals surface area contributed by atoms with Crippen molar-refractivity contribution in [1.29, 1.82) is 0 Å². The van der Waals surface area contributed by atoms with Crippen molar-refractivity contribution in [3.63, 3.8) is 0 Å². The summed E-state index contributed by atoms with van der Waals surface area (Å²) >= 11 is 0. The second-order valence-corrected chi connectivity index (χ2v) is 21.7. The van der Waals surface area contributed by atoms with E-state index in [-0.39, 0.29) is 0 Å². The first-order valence-corrected chi connectivity index (χ1v) is 28.8. The van der Waals surface area contributed by atoms with E-state index in [0.717, 1.165) is 94.6 Å². The first-order chi connectivity index (χ1) is 41.7. The van der Waals surface area contributed by atoms with Gasteiger partial charge in [0.15, 0.2) is 17.5 Å². The summed E-state index contributed by atoms with van der Waals surface area (Å²) in [4.78, 5) is 21.9. The Balaban J connectivity index is 1.08. The molecule has 0 radical (unpaired) electrons. The Morgan fingerprint density at radius 1 is 0.226 bits per heavy atom. The summed E-state index contributed by atoms with van der Waals surface area (Å²) in [5.74, 6) is 1.70. The zero-order chi connectivity index (χ0) is 55.6.